The Balaban J connectivity index is 2.03. The summed E-state index contributed by atoms with van der Waals surface area (Å²) in [5.41, 5.74) is 5.59. The molecule has 0 saturated carbocycles. The first-order valence-corrected chi connectivity index (χ1v) is 7.74. The van der Waals surface area contributed by atoms with Crippen LogP contribution in [0.4, 0.5) is 5.69 Å². The minimum absolute atomic E-state index is 0.0693. The fraction of sp³-hybridized carbons (Fsp3) is 0.235. The Morgan fingerprint density at radius 2 is 2.10 bits per heavy atom. The number of fused-ring (bicyclic) bond motifs is 1. The molecule has 1 unspecified atom stereocenters. The number of halogens is 1. The Bertz CT molecular complexity index is 712. The molecule has 0 radical (unpaired) electrons. The van der Waals surface area contributed by atoms with E-state index in [-0.39, 0.29) is 11.9 Å². The molecule has 0 aromatic heterocycles. The number of carbonyl (C=O) groups excluding carboxylic acids is 1. The minimum Gasteiger partial charge on any atom is -0.326 e. The zero-order valence-electron chi connectivity index (χ0n) is 12.0. The molecule has 0 saturated heterocycles. The second-order valence-electron chi connectivity index (χ2n) is 5.34. The van der Waals surface area contributed by atoms with E-state index < -0.39 is 0 Å². The summed E-state index contributed by atoms with van der Waals surface area (Å²) in [6.07, 6.45) is 0.467. The largest absolute Gasteiger partial charge is 0.326 e. The van der Waals surface area contributed by atoms with Crippen LogP contribution in [0.3, 0.4) is 0 Å². The van der Waals surface area contributed by atoms with Gasteiger partial charge in [-0.05, 0) is 42.3 Å². The van der Waals surface area contributed by atoms with E-state index >= 15 is 0 Å². The molecule has 4 heteroatoms. The molecular weight excluding hydrogens is 328 g/mol. The van der Waals surface area contributed by atoms with Gasteiger partial charge in [0.25, 0.3) is 0 Å². The van der Waals surface area contributed by atoms with Gasteiger partial charge in [0, 0.05) is 10.2 Å². The highest BCUT2D eigenvalue weighted by Crippen LogP contribution is 2.33. The summed E-state index contributed by atoms with van der Waals surface area (Å²) < 4.78 is 1.12. The van der Waals surface area contributed by atoms with Crippen molar-refractivity contribution in [3.63, 3.8) is 0 Å². The molecule has 1 amide bonds. The van der Waals surface area contributed by atoms with Crippen molar-refractivity contribution in [3.05, 3.63) is 63.1 Å². The lowest BCUT2D eigenvalue weighted by Gasteiger charge is -2.20. The van der Waals surface area contributed by atoms with Crippen LogP contribution in [0.15, 0.2) is 40.9 Å². The maximum absolute atomic E-state index is 11.5. The van der Waals surface area contributed by atoms with Gasteiger partial charge in [0.15, 0.2) is 0 Å². The smallest absolute Gasteiger partial charge is 0.228 e. The Morgan fingerprint density at radius 3 is 2.86 bits per heavy atom. The van der Waals surface area contributed by atoms with Crippen LogP contribution in [-0.2, 0) is 11.2 Å². The van der Waals surface area contributed by atoms with Crippen molar-refractivity contribution >= 4 is 27.5 Å². The monoisotopic (exact) mass is 344 g/mol. The Hall–Kier alpha value is -1.65. The van der Waals surface area contributed by atoms with Gasteiger partial charge in [-0.3, -0.25) is 4.79 Å². The number of hydrogen-bond donors (Lipinski definition) is 2. The van der Waals surface area contributed by atoms with E-state index in [2.05, 4.69) is 63.8 Å². The van der Waals surface area contributed by atoms with E-state index in [4.69, 9.17) is 0 Å². The van der Waals surface area contributed by atoms with E-state index in [0.29, 0.717) is 6.42 Å². The van der Waals surface area contributed by atoms with Crippen molar-refractivity contribution in [2.45, 2.75) is 19.4 Å². The highest BCUT2D eigenvalue weighted by molar-refractivity contribution is 9.10. The summed E-state index contributed by atoms with van der Waals surface area (Å²) in [6, 6.07) is 12.5. The molecule has 3 nitrogen and oxygen atoms in total. The Kier molecular flexibility index (Phi) is 3.83. The van der Waals surface area contributed by atoms with Crippen molar-refractivity contribution in [2.75, 3.05) is 12.4 Å². The number of amides is 1. The lowest BCUT2D eigenvalue weighted by molar-refractivity contribution is -0.115. The highest BCUT2D eigenvalue weighted by atomic mass is 79.9. The fourth-order valence-corrected chi connectivity index (χ4v) is 3.32. The van der Waals surface area contributed by atoms with Crippen LogP contribution in [0, 0.1) is 6.92 Å². The third-order valence-corrected chi connectivity index (χ3v) is 4.99. The van der Waals surface area contributed by atoms with Crippen molar-refractivity contribution in [1.29, 1.82) is 0 Å². The SMILES string of the molecule is CNC(c1ccc2c(c1)CC(=O)N2)c1cccc(C)c1Br. The topological polar surface area (TPSA) is 41.1 Å². The molecule has 21 heavy (non-hydrogen) atoms. The molecule has 1 atom stereocenters. The molecule has 0 spiro atoms. The van der Waals surface area contributed by atoms with Crippen LogP contribution in [0.25, 0.3) is 0 Å². The highest BCUT2D eigenvalue weighted by Gasteiger charge is 2.21. The lowest BCUT2D eigenvalue weighted by Crippen LogP contribution is -2.18. The van der Waals surface area contributed by atoms with E-state index in [1.807, 2.05) is 13.1 Å². The average molecular weight is 345 g/mol. The fourth-order valence-electron chi connectivity index (χ4n) is 2.82. The van der Waals surface area contributed by atoms with Crippen LogP contribution in [0.5, 0.6) is 0 Å². The van der Waals surface area contributed by atoms with E-state index in [1.54, 1.807) is 0 Å². The van der Waals surface area contributed by atoms with E-state index in [0.717, 1.165) is 15.7 Å². The lowest BCUT2D eigenvalue weighted by atomic mass is 9.95. The number of rotatable bonds is 3. The molecule has 0 aliphatic carbocycles. The number of benzene rings is 2. The number of anilines is 1. The summed E-state index contributed by atoms with van der Waals surface area (Å²) in [5.74, 6) is 0.0693. The van der Waals surface area contributed by atoms with Crippen molar-refractivity contribution in [1.82, 2.24) is 5.32 Å². The number of carbonyl (C=O) groups is 1. The quantitative estimate of drug-likeness (QED) is 0.893. The molecule has 1 aliphatic rings. The Labute approximate surface area is 132 Å². The van der Waals surface area contributed by atoms with Crippen LogP contribution in [0.1, 0.15) is 28.3 Å². The summed E-state index contributed by atoms with van der Waals surface area (Å²) in [5, 5.41) is 6.24. The number of hydrogen-bond acceptors (Lipinski definition) is 2. The van der Waals surface area contributed by atoms with Crippen molar-refractivity contribution < 1.29 is 4.79 Å². The second kappa shape index (κ2) is 5.62. The third-order valence-electron chi connectivity index (χ3n) is 3.91. The molecule has 2 N–H and O–H groups in total. The van der Waals surface area contributed by atoms with Gasteiger partial charge in [0.2, 0.25) is 5.91 Å². The van der Waals surface area contributed by atoms with Crippen LogP contribution in [0.2, 0.25) is 0 Å². The third kappa shape index (κ3) is 2.61. The summed E-state index contributed by atoms with van der Waals surface area (Å²) in [7, 11) is 1.95. The van der Waals surface area contributed by atoms with Gasteiger partial charge in [-0.2, -0.15) is 0 Å². The maximum Gasteiger partial charge on any atom is 0.228 e. The van der Waals surface area contributed by atoms with Gasteiger partial charge < -0.3 is 10.6 Å². The average Bonchev–Trinajstić information content (AvgIpc) is 2.83. The first kappa shape index (κ1) is 14.3. The molecule has 1 heterocycles. The molecule has 2 aromatic rings. The van der Waals surface area contributed by atoms with E-state index in [9.17, 15) is 4.79 Å². The van der Waals surface area contributed by atoms with Crippen molar-refractivity contribution in [2.24, 2.45) is 0 Å². The zero-order valence-corrected chi connectivity index (χ0v) is 13.6. The first-order chi connectivity index (χ1) is 10.1. The predicted molar refractivity (Wildman–Crippen MR) is 88.6 cm³/mol. The normalized spacial score (nSPS) is 14.7. The van der Waals surface area contributed by atoms with Gasteiger partial charge in [-0.25, -0.2) is 0 Å². The van der Waals surface area contributed by atoms with Gasteiger partial charge in [0.1, 0.15) is 0 Å². The van der Waals surface area contributed by atoms with Crippen LogP contribution < -0.4 is 10.6 Å². The number of aryl methyl sites for hydroxylation is 1. The first-order valence-electron chi connectivity index (χ1n) is 6.95. The summed E-state index contributed by atoms with van der Waals surface area (Å²) in [4.78, 5) is 11.5. The predicted octanol–water partition coefficient (Wildman–Crippen LogP) is 3.56. The van der Waals surface area contributed by atoms with Crippen LogP contribution >= 0.6 is 15.9 Å². The van der Waals surface area contributed by atoms with Gasteiger partial charge >= 0.3 is 0 Å². The standard InChI is InChI=1S/C17H17BrN2O/c1-10-4-3-5-13(16(10)18)17(19-2)11-6-7-14-12(8-11)9-15(21)20-14/h3-8,17,19H,9H2,1-2H3,(H,20,21). The summed E-state index contributed by atoms with van der Waals surface area (Å²) in [6.45, 7) is 2.09. The molecule has 108 valence electrons. The van der Waals surface area contributed by atoms with Crippen LogP contribution in [-0.4, -0.2) is 13.0 Å². The molecule has 0 fully saturated rings. The molecule has 2 aromatic carbocycles. The van der Waals surface area contributed by atoms with Gasteiger partial charge in [0.05, 0.1) is 12.5 Å². The van der Waals surface area contributed by atoms with Gasteiger partial charge in [-0.15, -0.1) is 0 Å². The molecule has 0 bridgehead atoms. The molecule has 3 rings (SSSR count). The summed E-state index contributed by atoms with van der Waals surface area (Å²) >= 11 is 3.68. The minimum atomic E-state index is 0.0693. The second-order valence-corrected chi connectivity index (χ2v) is 6.13. The molecular formula is C17H17BrN2O. The van der Waals surface area contributed by atoms with Gasteiger partial charge in [-0.1, -0.05) is 46.3 Å². The zero-order chi connectivity index (χ0) is 15.0. The van der Waals surface area contributed by atoms with E-state index in [1.165, 1.54) is 16.7 Å². The number of nitrogens with one attached hydrogen (secondary N) is 2. The maximum atomic E-state index is 11.5. The molecule has 1 aliphatic heterocycles. The Morgan fingerprint density at radius 1 is 1.29 bits per heavy atom. The van der Waals surface area contributed by atoms with Crippen molar-refractivity contribution in [3.8, 4) is 0 Å².